The van der Waals surface area contributed by atoms with Gasteiger partial charge in [-0.15, -0.1) is 0 Å². The molecule has 1 saturated heterocycles. The average molecular weight is 268 g/mol. The summed E-state index contributed by atoms with van der Waals surface area (Å²) in [5.74, 6) is -2.31. The molecule has 2 rings (SSSR count). The van der Waals surface area contributed by atoms with Crippen molar-refractivity contribution in [3.63, 3.8) is 0 Å². The van der Waals surface area contributed by atoms with Gasteiger partial charge in [0.15, 0.2) is 0 Å². The second-order valence-electron chi connectivity index (χ2n) is 4.66. The van der Waals surface area contributed by atoms with Crippen LogP contribution in [0, 0.1) is 6.42 Å². The van der Waals surface area contributed by atoms with Crippen LogP contribution in [0.5, 0.6) is 0 Å². The zero-order valence-electron chi connectivity index (χ0n) is 10.5. The number of pyridine rings is 1. The van der Waals surface area contributed by atoms with Gasteiger partial charge in [0.2, 0.25) is 5.91 Å². The van der Waals surface area contributed by atoms with E-state index in [4.69, 9.17) is 5.73 Å². The van der Waals surface area contributed by atoms with E-state index >= 15 is 0 Å². The molecule has 1 radical (unpaired) electrons. The van der Waals surface area contributed by atoms with Gasteiger partial charge in [-0.1, -0.05) is 0 Å². The third kappa shape index (κ3) is 3.87. The predicted molar refractivity (Wildman–Crippen MR) is 67.8 cm³/mol. The van der Waals surface area contributed by atoms with E-state index in [-0.39, 0.29) is 19.3 Å². The molecule has 1 aromatic rings. The topological polar surface area (TPSA) is 59.2 Å². The van der Waals surface area contributed by atoms with Crippen LogP contribution in [0.15, 0.2) is 18.3 Å². The number of primary amides is 1. The third-order valence-electron chi connectivity index (χ3n) is 3.13. The zero-order chi connectivity index (χ0) is 13.9. The van der Waals surface area contributed by atoms with Gasteiger partial charge < -0.3 is 10.6 Å². The normalized spacial score (nSPS) is 18.3. The second-order valence-corrected chi connectivity index (χ2v) is 4.66. The van der Waals surface area contributed by atoms with Gasteiger partial charge in [-0.3, -0.25) is 4.79 Å². The number of nitrogens with zero attached hydrogens (tertiary/aromatic N) is 2. The third-order valence-corrected chi connectivity index (χ3v) is 3.13. The van der Waals surface area contributed by atoms with Crippen LogP contribution in [0.4, 0.5) is 14.6 Å². The second kappa shape index (κ2) is 5.50. The molecule has 2 N–H and O–H groups in total. The number of halogens is 2. The molecule has 0 aliphatic carbocycles. The molecule has 103 valence electrons. The summed E-state index contributed by atoms with van der Waals surface area (Å²) in [6.45, 7) is 0.582. The van der Waals surface area contributed by atoms with Crippen LogP contribution in [0.3, 0.4) is 0 Å². The van der Waals surface area contributed by atoms with Crippen molar-refractivity contribution >= 4 is 11.7 Å². The van der Waals surface area contributed by atoms with E-state index < -0.39 is 11.8 Å². The van der Waals surface area contributed by atoms with Crippen LogP contribution < -0.4 is 10.6 Å². The summed E-state index contributed by atoms with van der Waals surface area (Å²) >= 11 is 0. The van der Waals surface area contributed by atoms with Gasteiger partial charge in [-0.05, 0) is 17.7 Å². The Labute approximate surface area is 110 Å². The van der Waals surface area contributed by atoms with E-state index in [0.717, 1.165) is 5.56 Å². The highest BCUT2D eigenvalue weighted by molar-refractivity contribution is 5.75. The quantitative estimate of drug-likeness (QED) is 0.905. The standard InChI is InChI=1S/C13H16F2N3O/c14-13(15)4-7-18(8-5-13)12-9-10(3-6-17-12)1-2-11(16)19/h1,3,6,9H,2,4-5,7-8H2,(H2,16,19). The number of carbonyl (C=O) groups excluding carboxylic acids is 1. The fourth-order valence-corrected chi connectivity index (χ4v) is 2.02. The minimum absolute atomic E-state index is 0.149. The highest BCUT2D eigenvalue weighted by atomic mass is 19.3. The average Bonchev–Trinajstić information content (AvgIpc) is 2.37. The van der Waals surface area contributed by atoms with Gasteiger partial charge in [-0.25, -0.2) is 13.8 Å². The lowest BCUT2D eigenvalue weighted by molar-refractivity contribution is -0.117. The van der Waals surface area contributed by atoms with Crippen molar-refractivity contribution in [2.45, 2.75) is 25.2 Å². The molecule has 4 nitrogen and oxygen atoms in total. The van der Waals surface area contributed by atoms with Gasteiger partial charge in [-0.2, -0.15) is 0 Å². The number of carbonyl (C=O) groups is 1. The van der Waals surface area contributed by atoms with E-state index in [1.54, 1.807) is 24.8 Å². The van der Waals surface area contributed by atoms with Crippen LogP contribution in [0.2, 0.25) is 0 Å². The minimum Gasteiger partial charge on any atom is -0.370 e. The molecule has 0 aromatic carbocycles. The van der Waals surface area contributed by atoms with Crippen molar-refractivity contribution in [2.24, 2.45) is 5.73 Å². The molecular formula is C13H16F2N3O. The van der Waals surface area contributed by atoms with E-state index in [1.165, 1.54) is 0 Å². The molecule has 19 heavy (non-hydrogen) atoms. The van der Waals surface area contributed by atoms with E-state index in [1.807, 2.05) is 4.90 Å². The number of piperidine rings is 1. The van der Waals surface area contributed by atoms with Crippen molar-refractivity contribution in [1.29, 1.82) is 0 Å². The first-order chi connectivity index (χ1) is 8.96. The number of anilines is 1. The zero-order valence-corrected chi connectivity index (χ0v) is 10.5. The Bertz CT molecular complexity index is 455. The molecule has 1 aliphatic heterocycles. The van der Waals surface area contributed by atoms with Crippen LogP contribution in [-0.4, -0.2) is 29.9 Å². The molecule has 1 fully saturated rings. The summed E-state index contributed by atoms with van der Waals surface area (Å²) in [7, 11) is 0. The number of hydrogen-bond acceptors (Lipinski definition) is 3. The lowest BCUT2D eigenvalue weighted by atomic mass is 10.1. The Hall–Kier alpha value is -1.72. The molecule has 1 amide bonds. The largest absolute Gasteiger partial charge is 0.370 e. The number of amides is 1. The van der Waals surface area contributed by atoms with Gasteiger partial charge in [0.1, 0.15) is 5.82 Å². The van der Waals surface area contributed by atoms with Crippen molar-refractivity contribution in [2.75, 3.05) is 18.0 Å². The Morgan fingerprint density at radius 2 is 2.16 bits per heavy atom. The van der Waals surface area contributed by atoms with Crippen LogP contribution >= 0.6 is 0 Å². The highest BCUT2D eigenvalue weighted by Gasteiger charge is 2.34. The Balaban J connectivity index is 2.01. The van der Waals surface area contributed by atoms with E-state index in [2.05, 4.69) is 4.98 Å². The molecule has 1 aromatic heterocycles. The monoisotopic (exact) mass is 268 g/mol. The fraction of sp³-hybridized carbons (Fsp3) is 0.462. The van der Waals surface area contributed by atoms with E-state index in [9.17, 15) is 13.6 Å². The summed E-state index contributed by atoms with van der Waals surface area (Å²) in [5, 5.41) is 0. The molecule has 2 heterocycles. The number of nitrogens with two attached hydrogens (primary N) is 1. The summed E-state index contributed by atoms with van der Waals surface area (Å²) in [4.78, 5) is 16.7. The molecule has 0 atom stereocenters. The maximum atomic E-state index is 13.1. The van der Waals surface area contributed by atoms with Gasteiger partial charge in [0.25, 0.3) is 5.92 Å². The molecular weight excluding hydrogens is 252 g/mol. The Morgan fingerprint density at radius 1 is 1.47 bits per heavy atom. The van der Waals surface area contributed by atoms with Crippen molar-refractivity contribution < 1.29 is 13.6 Å². The number of aromatic nitrogens is 1. The molecule has 0 bridgehead atoms. The van der Waals surface area contributed by atoms with Crippen molar-refractivity contribution in [1.82, 2.24) is 4.98 Å². The molecule has 6 heteroatoms. The Kier molecular flexibility index (Phi) is 3.97. The van der Waals surface area contributed by atoms with Crippen LogP contribution in [0.25, 0.3) is 0 Å². The van der Waals surface area contributed by atoms with Crippen LogP contribution in [-0.2, 0) is 4.79 Å². The summed E-state index contributed by atoms with van der Waals surface area (Å²) in [5.41, 5.74) is 5.89. The van der Waals surface area contributed by atoms with Gasteiger partial charge >= 0.3 is 0 Å². The van der Waals surface area contributed by atoms with Crippen LogP contribution in [0.1, 0.15) is 24.8 Å². The smallest absolute Gasteiger partial charge is 0.251 e. The molecule has 0 spiro atoms. The predicted octanol–water partition coefficient (Wildman–Crippen LogP) is 1.74. The SMILES string of the molecule is NC(=O)C[CH]c1ccnc(N2CCC(F)(F)CC2)c1. The summed E-state index contributed by atoms with van der Waals surface area (Å²) in [6.07, 6.45) is 3.16. The van der Waals surface area contributed by atoms with Gasteiger partial charge in [0, 0.05) is 45.0 Å². The van der Waals surface area contributed by atoms with Crippen molar-refractivity contribution in [3.8, 4) is 0 Å². The minimum atomic E-state index is -2.56. The molecule has 0 unspecified atom stereocenters. The van der Waals surface area contributed by atoms with Gasteiger partial charge in [0.05, 0.1) is 0 Å². The number of rotatable bonds is 4. The highest BCUT2D eigenvalue weighted by Crippen LogP contribution is 2.29. The Morgan fingerprint density at radius 3 is 2.79 bits per heavy atom. The maximum Gasteiger partial charge on any atom is 0.251 e. The maximum absolute atomic E-state index is 13.1. The first-order valence-electron chi connectivity index (χ1n) is 6.17. The number of alkyl halides is 2. The van der Waals surface area contributed by atoms with E-state index in [0.29, 0.717) is 18.9 Å². The lowest BCUT2D eigenvalue weighted by Crippen LogP contribution is -2.39. The summed E-state index contributed by atoms with van der Waals surface area (Å²) < 4.78 is 26.2. The fourth-order valence-electron chi connectivity index (χ4n) is 2.02. The van der Waals surface area contributed by atoms with Crippen molar-refractivity contribution in [3.05, 3.63) is 30.3 Å². The lowest BCUT2D eigenvalue weighted by Gasteiger charge is -2.32. The first-order valence-corrected chi connectivity index (χ1v) is 6.17. The first kappa shape index (κ1) is 13.7. The number of hydrogen-bond donors (Lipinski definition) is 1. The molecule has 0 saturated carbocycles. The molecule has 1 aliphatic rings. The summed E-state index contributed by atoms with van der Waals surface area (Å²) in [6, 6.07) is 3.54.